The highest BCUT2D eigenvalue weighted by Crippen LogP contribution is 2.27. The number of nitrogens with two attached hydrogens (primary N) is 1. The van der Waals surface area contributed by atoms with Crippen LogP contribution < -0.4 is 5.73 Å². The Morgan fingerprint density at radius 2 is 1.95 bits per heavy atom. The van der Waals surface area contributed by atoms with Crippen LogP contribution in [0.1, 0.15) is 33.6 Å². The highest BCUT2D eigenvalue weighted by Gasteiger charge is 2.38. The van der Waals surface area contributed by atoms with Gasteiger partial charge in [-0.3, -0.25) is 14.4 Å². The maximum atomic E-state index is 12.5. The molecular formula is C14H22N2O4. The van der Waals surface area contributed by atoms with Crippen molar-refractivity contribution in [2.24, 2.45) is 17.6 Å². The predicted octanol–water partition coefficient (Wildman–Crippen LogP) is 0.766. The van der Waals surface area contributed by atoms with E-state index in [9.17, 15) is 19.5 Å². The second-order valence-corrected chi connectivity index (χ2v) is 5.49. The van der Waals surface area contributed by atoms with Crippen LogP contribution in [0.15, 0.2) is 11.8 Å². The lowest BCUT2D eigenvalue weighted by atomic mass is 9.91. The largest absolute Gasteiger partial charge is 0.511 e. The summed E-state index contributed by atoms with van der Waals surface area (Å²) >= 11 is 0. The number of carbonyl (C=O) groups is 3. The Hall–Kier alpha value is -1.85. The number of ketones is 1. The Balaban J connectivity index is 3.01. The molecule has 1 saturated heterocycles. The molecule has 1 unspecified atom stereocenters. The highest BCUT2D eigenvalue weighted by molar-refractivity contribution is 5.92. The summed E-state index contributed by atoms with van der Waals surface area (Å²) in [6.45, 7) is 5.49. The molecule has 1 fully saturated rings. The van der Waals surface area contributed by atoms with Crippen LogP contribution in [-0.2, 0) is 14.4 Å². The van der Waals surface area contributed by atoms with E-state index in [1.807, 2.05) is 0 Å². The van der Waals surface area contributed by atoms with E-state index in [0.717, 1.165) is 12.5 Å². The molecule has 112 valence electrons. The zero-order valence-electron chi connectivity index (χ0n) is 12.1. The van der Waals surface area contributed by atoms with Crippen LogP contribution in [0.25, 0.3) is 0 Å². The molecule has 1 aliphatic rings. The highest BCUT2D eigenvalue weighted by atomic mass is 16.3. The number of Topliss-reactive ketones (excluding diaryl/α,β-unsaturated/α-hetero) is 1. The molecule has 2 atom stereocenters. The predicted molar refractivity (Wildman–Crippen MR) is 73.7 cm³/mol. The number of likely N-dealkylation sites (tertiary alicyclic amines) is 1. The summed E-state index contributed by atoms with van der Waals surface area (Å²) in [6.07, 6.45) is 2.27. The van der Waals surface area contributed by atoms with E-state index in [1.165, 1.54) is 11.8 Å². The van der Waals surface area contributed by atoms with Crippen LogP contribution >= 0.6 is 0 Å². The second-order valence-electron chi connectivity index (χ2n) is 5.49. The summed E-state index contributed by atoms with van der Waals surface area (Å²) in [5.41, 5.74) is 5.01. The van der Waals surface area contributed by atoms with Crippen molar-refractivity contribution in [2.45, 2.75) is 39.7 Å². The number of aliphatic hydroxyl groups is 1. The van der Waals surface area contributed by atoms with Gasteiger partial charge >= 0.3 is 0 Å². The molecule has 0 aromatic carbocycles. The maximum absolute atomic E-state index is 12.5. The first-order valence-electron chi connectivity index (χ1n) is 6.76. The standard InChI is InChI=1S/C14H22N2O4/c1-8(2)13(11(18)7-12(15)19)14(20)16-6-4-5-10(16)9(3)17/h7-8,10,13,18H,4-6H2,1-3H3,(H2,15,19)/b11-7-/t10-,13?/m0/s1. The summed E-state index contributed by atoms with van der Waals surface area (Å²) in [5, 5.41) is 9.93. The van der Waals surface area contributed by atoms with Crippen molar-refractivity contribution in [3.63, 3.8) is 0 Å². The Kier molecular flexibility index (Phi) is 5.30. The molecule has 0 aromatic heterocycles. The first-order valence-corrected chi connectivity index (χ1v) is 6.76. The van der Waals surface area contributed by atoms with E-state index in [0.29, 0.717) is 13.0 Å². The molecule has 0 radical (unpaired) electrons. The molecule has 1 aliphatic heterocycles. The van der Waals surface area contributed by atoms with Gasteiger partial charge in [0.1, 0.15) is 5.76 Å². The number of rotatable bonds is 5. The van der Waals surface area contributed by atoms with Gasteiger partial charge in [-0.05, 0) is 25.7 Å². The van der Waals surface area contributed by atoms with Crippen molar-refractivity contribution in [2.75, 3.05) is 6.54 Å². The summed E-state index contributed by atoms with van der Waals surface area (Å²) in [5.74, 6) is -2.57. The summed E-state index contributed by atoms with van der Waals surface area (Å²) in [7, 11) is 0. The van der Waals surface area contributed by atoms with Gasteiger partial charge < -0.3 is 15.7 Å². The minimum atomic E-state index is -0.845. The molecule has 20 heavy (non-hydrogen) atoms. The number of amides is 2. The summed E-state index contributed by atoms with van der Waals surface area (Å²) in [4.78, 5) is 36.5. The maximum Gasteiger partial charge on any atom is 0.244 e. The van der Waals surface area contributed by atoms with Crippen LogP contribution in [0, 0.1) is 11.8 Å². The summed E-state index contributed by atoms with van der Waals surface area (Å²) in [6, 6.07) is -0.426. The van der Waals surface area contributed by atoms with Crippen LogP contribution in [0.5, 0.6) is 0 Å². The second kappa shape index (κ2) is 6.54. The Morgan fingerprint density at radius 1 is 1.35 bits per heavy atom. The molecule has 0 bridgehead atoms. The third kappa shape index (κ3) is 3.59. The molecule has 1 heterocycles. The van der Waals surface area contributed by atoms with Crippen LogP contribution in [0.4, 0.5) is 0 Å². The fourth-order valence-electron chi connectivity index (χ4n) is 2.62. The minimum absolute atomic E-state index is 0.0586. The zero-order chi connectivity index (χ0) is 15.4. The summed E-state index contributed by atoms with van der Waals surface area (Å²) < 4.78 is 0. The monoisotopic (exact) mass is 282 g/mol. The smallest absolute Gasteiger partial charge is 0.244 e. The Bertz CT molecular complexity index is 442. The number of hydrogen-bond acceptors (Lipinski definition) is 4. The van der Waals surface area contributed by atoms with E-state index in [-0.39, 0.29) is 23.4 Å². The zero-order valence-corrected chi connectivity index (χ0v) is 12.1. The quantitative estimate of drug-likeness (QED) is 0.574. The van der Waals surface area contributed by atoms with Gasteiger partial charge in [0.25, 0.3) is 0 Å². The average Bonchev–Trinajstić information content (AvgIpc) is 2.75. The first kappa shape index (κ1) is 16.2. The molecule has 0 aliphatic carbocycles. The number of primary amides is 1. The van der Waals surface area contributed by atoms with Gasteiger partial charge in [0, 0.05) is 12.6 Å². The Labute approximate surface area is 118 Å². The molecule has 0 saturated carbocycles. The van der Waals surface area contributed by atoms with Gasteiger partial charge in [-0.15, -0.1) is 0 Å². The minimum Gasteiger partial charge on any atom is -0.511 e. The molecule has 6 nitrogen and oxygen atoms in total. The van der Waals surface area contributed by atoms with Crippen molar-refractivity contribution in [3.05, 3.63) is 11.8 Å². The van der Waals surface area contributed by atoms with Gasteiger partial charge in [0.05, 0.1) is 12.0 Å². The fraction of sp³-hybridized carbons (Fsp3) is 0.643. The topological polar surface area (TPSA) is 101 Å². The molecule has 6 heteroatoms. The van der Waals surface area contributed by atoms with Crippen molar-refractivity contribution < 1.29 is 19.5 Å². The molecule has 0 aromatic rings. The lowest BCUT2D eigenvalue weighted by Gasteiger charge is -2.29. The van der Waals surface area contributed by atoms with Crippen molar-refractivity contribution in [1.29, 1.82) is 0 Å². The Morgan fingerprint density at radius 3 is 2.40 bits per heavy atom. The average molecular weight is 282 g/mol. The van der Waals surface area contributed by atoms with Crippen LogP contribution in [-0.4, -0.2) is 40.2 Å². The molecular weight excluding hydrogens is 260 g/mol. The van der Waals surface area contributed by atoms with E-state index in [2.05, 4.69) is 0 Å². The van der Waals surface area contributed by atoms with Crippen molar-refractivity contribution >= 4 is 17.6 Å². The van der Waals surface area contributed by atoms with Gasteiger partial charge in [0.2, 0.25) is 11.8 Å². The SMILES string of the molecule is CC(=O)[C@@H]1CCCN1C(=O)C(/C(O)=C/C(N)=O)C(C)C. The number of aliphatic hydroxyl groups excluding tert-OH is 1. The first-order chi connectivity index (χ1) is 9.25. The van der Waals surface area contributed by atoms with Gasteiger partial charge in [0.15, 0.2) is 5.78 Å². The van der Waals surface area contributed by atoms with E-state index < -0.39 is 17.9 Å². The normalized spacial score (nSPS) is 21.1. The molecule has 2 amide bonds. The molecule has 1 rings (SSSR count). The fourth-order valence-corrected chi connectivity index (χ4v) is 2.62. The molecule has 3 N–H and O–H groups in total. The third-order valence-electron chi connectivity index (χ3n) is 3.55. The lowest BCUT2D eigenvalue weighted by molar-refractivity contribution is -0.141. The van der Waals surface area contributed by atoms with E-state index in [1.54, 1.807) is 13.8 Å². The van der Waals surface area contributed by atoms with Crippen LogP contribution in [0.3, 0.4) is 0 Å². The lowest BCUT2D eigenvalue weighted by Crippen LogP contribution is -2.44. The van der Waals surface area contributed by atoms with Crippen molar-refractivity contribution in [1.82, 2.24) is 4.90 Å². The van der Waals surface area contributed by atoms with E-state index >= 15 is 0 Å². The van der Waals surface area contributed by atoms with Gasteiger partial charge in [-0.1, -0.05) is 13.8 Å². The van der Waals surface area contributed by atoms with Gasteiger partial charge in [-0.25, -0.2) is 0 Å². The third-order valence-corrected chi connectivity index (χ3v) is 3.55. The van der Waals surface area contributed by atoms with Crippen molar-refractivity contribution in [3.8, 4) is 0 Å². The molecule has 0 spiro atoms. The van der Waals surface area contributed by atoms with Gasteiger partial charge in [-0.2, -0.15) is 0 Å². The van der Waals surface area contributed by atoms with Crippen LogP contribution in [0.2, 0.25) is 0 Å². The number of carbonyl (C=O) groups excluding carboxylic acids is 3. The van der Waals surface area contributed by atoms with E-state index in [4.69, 9.17) is 5.73 Å². The number of nitrogens with zero attached hydrogens (tertiary/aromatic N) is 1. The number of hydrogen-bond donors (Lipinski definition) is 2.